The fourth-order valence-corrected chi connectivity index (χ4v) is 3.51. The third-order valence-corrected chi connectivity index (χ3v) is 4.77. The molecule has 0 unspecified atom stereocenters. The highest BCUT2D eigenvalue weighted by atomic mass is 16.5. The Kier molecular flexibility index (Phi) is 5.29. The van der Waals surface area contributed by atoms with Gasteiger partial charge in [0.2, 0.25) is 0 Å². The van der Waals surface area contributed by atoms with E-state index < -0.39 is 0 Å². The first-order valence-electron chi connectivity index (χ1n) is 8.24. The van der Waals surface area contributed by atoms with Crippen LogP contribution in [0.25, 0.3) is 0 Å². The molecule has 1 aromatic rings. The number of hydrogen-bond donors (Lipinski definition) is 0. The third-order valence-electron chi connectivity index (χ3n) is 4.77. The summed E-state index contributed by atoms with van der Waals surface area (Å²) in [5, 5.41) is 9.05. The molecule has 124 valence electrons. The zero-order valence-electron chi connectivity index (χ0n) is 13.9. The Balaban J connectivity index is 1.62. The number of fused-ring (bicyclic) bond motifs is 1. The van der Waals surface area contributed by atoms with Crippen LogP contribution in [0.3, 0.4) is 0 Å². The van der Waals surface area contributed by atoms with Crippen LogP contribution in [-0.2, 0) is 16.0 Å². The molecular weight excluding hydrogens is 290 g/mol. The summed E-state index contributed by atoms with van der Waals surface area (Å²) in [5.74, 6) is 0.469. The molecule has 3 atom stereocenters. The van der Waals surface area contributed by atoms with Gasteiger partial charge in [-0.2, -0.15) is 5.26 Å². The van der Waals surface area contributed by atoms with Crippen molar-refractivity contribution >= 4 is 0 Å². The Morgan fingerprint density at radius 1 is 1.39 bits per heavy atom. The molecule has 2 heterocycles. The minimum Gasteiger partial charge on any atom is -0.379 e. The van der Waals surface area contributed by atoms with E-state index in [4.69, 9.17) is 14.7 Å². The summed E-state index contributed by atoms with van der Waals surface area (Å²) in [5.41, 5.74) is 1.91. The Hall–Kier alpha value is -1.45. The molecule has 2 aliphatic rings. The maximum Gasteiger partial charge on any atom is 0.0991 e. The molecule has 0 radical (unpaired) electrons. The lowest BCUT2D eigenvalue weighted by Gasteiger charge is -2.22. The average molecular weight is 315 g/mol. The summed E-state index contributed by atoms with van der Waals surface area (Å²) >= 11 is 0. The fraction of sp³-hybridized carbons (Fsp3) is 0.611. The van der Waals surface area contributed by atoms with E-state index in [1.54, 1.807) is 0 Å². The molecule has 5 nitrogen and oxygen atoms in total. The first-order valence-corrected chi connectivity index (χ1v) is 8.24. The number of rotatable bonds is 6. The van der Waals surface area contributed by atoms with Gasteiger partial charge >= 0.3 is 0 Å². The van der Waals surface area contributed by atoms with Crippen LogP contribution in [-0.4, -0.2) is 69.0 Å². The lowest BCUT2D eigenvalue weighted by Crippen LogP contribution is -2.32. The molecule has 3 rings (SSSR count). The average Bonchev–Trinajstić information content (AvgIpc) is 3.12. The van der Waals surface area contributed by atoms with E-state index >= 15 is 0 Å². The molecule has 1 aromatic carbocycles. The second-order valence-corrected chi connectivity index (χ2v) is 6.72. The van der Waals surface area contributed by atoms with Gasteiger partial charge in [0, 0.05) is 31.6 Å². The smallest absolute Gasteiger partial charge is 0.0991 e. The summed E-state index contributed by atoms with van der Waals surface area (Å²) in [6.07, 6.45) is 0.251. The van der Waals surface area contributed by atoms with E-state index in [2.05, 4.69) is 36.0 Å². The molecular formula is C18H25N3O2. The highest BCUT2D eigenvalue weighted by Gasteiger charge is 2.45. The molecule has 23 heavy (non-hydrogen) atoms. The second-order valence-electron chi connectivity index (χ2n) is 6.72. The van der Waals surface area contributed by atoms with Gasteiger partial charge in [0.25, 0.3) is 0 Å². The minimum atomic E-state index is 0.251. The number of ether oxygens (including phenoxy) is 2. The van der Waals surface area contributed by atoms with Crippen LogP contribution in [0.2, 0.25) is 0 Å². The van der Waals surface area contributed by atoms with Crippen molar-refractivity contribution in [2.75, 3.05) is 47.0 Å². The molecule has 0 amide bonds. The number of likely N-dealkylation sites (N-methyl/N-ethyl adjacent to an activating group) is 1. The Morgan fingerprint density at radius 2 is 2.26 bits per heavy atom. The van der Waals surface area contributed by atoms with Gasteiger partial charge in [-0.25, -0.2) is 0 Å². The van der Waals surface area contributed by atoms with Crippen molar-refractivity contribution < 1.29 is 9.47 Å². The molecule has 0 aliphatic carbocycles. The van der Waals surface area contributed by atoms with Crippen molar-refractivity contribution in [1.29, 1.82) is 5.26 Å². The van der Waals surface area contributed by atoms with Gasteiger partial charge in [-0.15, -0.1) is 0 Å². The molecule has 2 aliphatic heterocycles. The minimum absolute atomic E-state index is 0.251. The van der Waals surface area contributed by atoms with Crippen LogP contribution in [0.1, 0.15) is 11.1 Å². The second kappa shape index (κ2) is 7.41. The van der Waals surface area contributed by atoms with Crippen LogP contribution < -0.4 is 0 Å². The van der Waals surface area contributed by atoms with Crippen LogP contribution in [0.15, 0.2) is 24.3 Å². The molecule has 0 aromatic heterocycles. The number of hydrogen-bond acceptors (Lipinski definition) is 5. The largest absolute Gasteiger partial charge is 0.379 e. The van der Waals surface area contributed by atoms with Crippen molar-refractivity contribution in [3.8, 4) is 6.07 Å². The van der Waals surface area contributed by atoms with Gasteiger partial charge in [0.15, 0.2) is 0 Å². The van der Waals surface area contributed by atoms with Crippen LogP contribution in [0.4, 0.5) is 0 Å². The Morgan fingerprint density at radius 3 is 3.04 bits per heavy atom. The van der Waals surface area contributed by atoms with E-state index in [9.17, 15) is 0 Å². The van der Waals surface area contributed by atoms with Crippen molar-refractivity contribution in [3.05, 3.63) is 35.4 Å². The normalized spacial score (nSPS) is 27.3. The molecule has 0 bridgehead atoms. The van der Waals surface area contributed by atoms with E-state index in [-0.39, 0.29) is 6.10 Å². The first-order chi connectivity index (χ1) is 11.2. The van der Waals surface area contributed by atoms with Crippen molar-refractivity contribution in [2.45, 2.75) is 18.7 Å². The fourth-order valence-electron chi connectivity index (χ4n) is 3.51. The van der Waals surface area contributed by atoms with Crippen molar-refractivity contribution in [1.82, 2.24) is 9.80 Å². The third kappa shape index (κ3) is 3.91. The quantitative estimate of drug-likeness (QED) is 0.793. The monoisotopic (exact) mass is 315 g/mol. The molecule has 2 fully saturated rings. The maximum absolute atomic E-state index is 9.05. The number of nitrogens with zero attached hydrogens (tertiary/aromatic N) is 3. The SMILES string of the molecule is CN(C)CCO[C@@H]1CN(Cc2cccc(C#N)c2)[C@H]2COC[C@@H]12. The van der Waals surface area contributed by atoms with E-state index in [0.717, 1.165) is 45.0 Å². The van der Waals surface area contributed by atoms with Crippen LogP contribution in [0, 0.1) is 17.2 Å². The lowest BCUT2D eigenvalue weighted by atomic mass is 10.0. The number of nitriles is 1. The molecule has 0 saturated carbocycles. The van der Waals surface area contributed by atoms with Crippen LogP contribution in [0.5, 0.6) is 0 Å². The predicted octanol–water partition coefficient (Wildman–Crippen LogP) is 1.34. The van der Waals surface area contributed by atoms with Crippen molar-refractivity contribution in [3.63, 3.8) is 0 Å². The van der Waals surface area contributed by atoms with Gasteiger partial charge in [0.05, 0.1) is 37.6 Å². The standard InChI is InChI=1S/C18H25N3O2/c1-20(2)6-7-23-18-11-21(17-13-22-12-16(17)18)10-15-5-3-4-14(8-15)9-19/h3-5,8,16-18H,6-7,10-13H2,1-2H3/t16-,17+,18-/m1/s1. The number of likely N-dealkylation sites (tertiary alicyclic amines) is 1. The summed E-state index contributed by atoms with van der Waals surface area (Å²) in [7, 11) is 4.13. The molecule has 5 heteroatoms. The summed E-state index contributed by atoms with van der Waals surface area (Å²) in [6, 6.07) is 10.5. The summed E-state index contributed by atoms with van der Waals surface area (Å²) in [4.78, 5) is 4.59. The highest BCUT2D eigenvalue weighted by molar-refractivity contribution is 5.32. The zero-order chi connectivity index (χ0) is 16.2. The number of benzene rings is 1. The van der Waals surface area contributed by atoms with Gasteiger partial charge in [0.1, 0.15) is 0 Å². The first kappa shape index (κ1) is 16.4. The van der Waals surface area contributed by atoms with E-state index in [1.165, 1.54) is 5.56 Å². The summed E-state index contributed by atoms with van der Waals surface area (Å²) in [6.45, 7) is 5.09. The van der Waals surface area contributed by atoms with E-state index in [1.807, 2.05) is 18.2 Å². The van der Waals surface area contributed by atoms with Crippen molar-refractivity contribution in [2.24, 2.45) is 5.92 Å². The van der Waals surface area contributed by atoms with Crippen LogP contribution >= 0.6 is 0 Å². The van der Waals surface area contributed by atoms with E-state index in [0.29, 0.717) is 12.0 Å². The van der Waals surface area contributed by atoms with Gasteiger partial charge < -0.3 is 14.4 Å². The Bertz CT molecular complexity index is 570. The van der Waals surface area contributed by atoms with Gasteiger partial charge in [-0.05, 0) is 31.8 Å². The van der Waals surface area contributed by atoms with Gasteiger partial charge in [-0.1, -0.05) is 12.1 Å². The van der Waals surface area contributed by atoms with Gasteiger partial charge in [-0.3, -0.25) is 4.90 Å². The summed E-state index contributed by atoms with van der Waals surface area (Å²) < 4.78 is 11.8. The highest BCUT2D eigenvalue weighted by Crippen LogP contribution is 2.33. The lowest BCUT2D eigenvalue weighted by molar-refractivity contribution is 0.0132. The Labute approximate surface area is 138 Å². The predicted molar refractivity (Wildman–Crippen MR) is 88.0 cm³/mol. The molecule has 0 N–H and O–H groups in total. The molecule has 2 saturated heterocycles. The molecule has 0 spiro atoms. The maximum atomic E-state index is 9.05. The zero-order valence-corrected chi connectivity index (χ0v) is 13.9. The topological polar surface area (TPSA) is 48.7 Å².